The Morgan fingerprint density at radius 3 is 1.97 bits per heavy atom. The summed E-state index contributed by atoms with van der Waals surface area (Å²) in [6.07, 6.45) is 3.80. The van der Waals surface area contributed by atoms with Crippen LogP contribution < -0.4 is 0 Å². The molecule has 0 spiro atoms. The van der Waals surface area contributed by atoms with Gasteiger partial charge in [0.05, 0.1) is 5.69 Å². The van der Waals surface area contributed by atoms with Crippen molar-refractivity contribution in [2.75, 3.05) is 0 Å². The van der Waals surface area contributed by atoms with E-state index in [0.717, 1.165) is 43.7 Å². The summed E-state index contributed by atoms with van der Waals surface area (Å²) in [4.78, 5) is 10.4. The molecule has 0 fully saturated rings. The summed E-state index contributed by atoms with van der Waals surface area (Å²) in [6.45, 7) is 0. The third-order valence-corrected chi connectivity index (χ3v) is 8.21. The molecule has 0 aliphatic carbocycles. The molecular weight excluding hydrogens is 515 g/mol. The molecule has 0 aliphatic heterocycles. The second-order valence-electron chi connectivity index (χ2n) is 9.04. The number of halogens is 2. The highest BCUT2D eigenvalue weighted by Gasteiger charge is 2.09. The van der Waals surface area contributed by atoms with Gasteiger partial charge in [-0.3, -0.25) is 4.98 Å². The Hall–Kier alpha value is -3.76. The molecule has 37 heavy (non-hydrogen) atoms. The van der Waals surface area contributed by atoms with Crippen molar-refractivity contribution in [1.82, 2.24) is 9.97 Å². The van der Waals surface area contributed by atoms with E-state index in [1.54, 1.807) is 17.4 Å². The van der Waals surface area contributed by atoms with Crippen molar-refractivity contribution in [3.8, 4) is 33.5 Å². The summed E-state index contributed by atoms with van der Waals surface area (Å²) in [5.74, 6) is 0. The van der Waals surface area contributed by atoms with Crippen molar-refractivity contribution < 1.29 is 0 Å². The summed E-state index contributed by atoms with van der Waals surface area (Å²) in [6, 6.07) is 33.4. The van der Waals surface area contributed by atoms with Gasteiger partial charge >= 0.3 is 0 Å². The van der Waals surface area contributed by atoms with Gasteiger partial charge < -0.3 is 0 Å². The maximum atomic E-state index is 6.21. The zero-order chi connectivity index (χ0) is 24.9. The van der Waals surface area contributed by atoms with E-state index in [1.807, 2.05) is 30.6 Å². The fourth-order valence-corrected chi connectivity index (χ4v) is 6.38. The summed E-state index contributed by atoms with van der Waals surface area (Å²) in [5.41, 5.74) is 6.38. The predicted octanol–water partition coefficient (Wildman–Crippen LogP) is 10.3. The predicted molar refractivity (Wildman–Crippen MR) is 159 cm³/mol. The van der Waals surface area contributed by atoms with Gasteiger partial charge in [0.2, 0.25) is 0 Å². The molecule has 2 nitrogen and oxygen atoms in total. The molecule has 4 aromatic carbocycles. The molecule has 5 heteroatoms. The van der Waals surface area contributed by atoms with E-state index < -0.39 is 0 Å². The number of benzene rings is 4. The molecule has 0 N–H and O–H groups in total. The standard InChI is InChI=1S/C32H18Cl2N2S/c33-26-14-25(15-27(34)17-26)22-6-4-19-12-21(5-3-20(19)13-22)24-7-9-30(36-18-24)23-8-10-31-29(16-23)28-2-1-11-35-32(28)37-31/h1-18H. The molecule has 0 aliphatic rings. The highest BCUT2D eigenvalue weighted by Crippen LogP contribution is 2.35. The first-order valence-electron chi connectivity index (χ1n) is 11.9. The lowest BCUT2D eigenvalue weighted by atomic mass is 9.98. The zero-order valence-electron chi connectivity index (χ0n) is 19.5. The van der Waals surface area contributed by atoms with Crippen LogP contribution in [0.25, 0.3) is 64.6 Å². The molecule has 0 saturated heterocycles. The van der Waals surface area contributed by atoms with E-state index in [0.29, 0.717) is 10.0 Å². The molecule has 0 amide bonds. The van der Waals surface area contributed by atoms with Crippen LogP contribution in [0.1, 0.15) is 0 Å². The van der Waals surface area contributed by atoms with E-state index in [-0.39, 0.29) is 0 Å². The third-order valence-electron chi connectivity index (χ3n) is 6.68. The summed E-state index contributed by atoms with van der Waals surface area (Å²) in [5, 5.41) is 6.02. The van der Waals surface area contributed by atoms with Gasteiger partial charge in [-0.05, 0) is 88.1 Å². The van der Waals surface area contributed by atoms with Crippen LogP contribution in [0.3, 0.4) is 0 Å². The highest BCUT2D eigenvalue weighted by molar-refractivity contribution is 7.25. The first kappa shape index (κ1) is 22.4. The van der Waals surface area contributed by atoms with E-state index in [9.17, 15) is 0 Å². The van der Waals surface area contributed by atoms with Crippen LogP contribution in [0, 0.1) is 0 Å². The van der Waals surface area contributed by atoms with Gasteiger partial charge in [0.25, 0.3) is 0 Å². The second-order valence-corrected chi connectivity index (χ2v) is 10.9. The van der Waals surface area contributed by atoms with E-state index in [2.05, 4.69) is 77.8 Å². The first-order chi connectivity index (χ1) is 18.1. The van der Waals surface area contributed by atoms with Gasteiger partial charge in [-0.15, -0.1) is 11.3 Å². The quantitative estimate of drug-likeness (QED) is 0.226. The maximum Gasteiger partial charge on any atom is 0.124 e. The molecule has 7 rings (SSSR count). The van der Waals surface area contributed by atoms with Gasteiger partial charge in [-0.25, -0.2) is 4.98 Å². The fourth-order valence-electron chi connectivity index (χ4n) is 4.83. The largest absolute Gasteiger partial charge is 0.256 e. The number of nitrogens with zero attached hydrogens (tertiary/aromatic N) is 2. The molecule has 0 saturated carbocycles. The van der Waals surface area contributed by atoms with Crippen LogP contribution in [-0.4, -0.2) is 9.97 Å². The number of hydrogen-bond acceptors (Lipinski definition) is 3. The minimum atomic E-state index is 0.634. The van der Waals surface area contributed by atoms with Crippen molar-refractivity contribution in [1.29, 1.82) is 0 Å². The molecule has 3 heterocycles. The van der Waals surface area contributed by atoms with Gasteiger partial charge in [-0.1, -0.05) is 59.6 Å². The van der Waals surface area contributed by atoms with Crippen LogP contribution in [0.2, 0.25) is 10.0 Å². The van der Waals surface area contributed by atoms with Crippen molar-refractivity contribution in [3.05, 3.63) is 120 Å². The average molecular weight is 533 g/mol. The van der Waals surface area contributed by atoms with Crippen LogP contribution in [0.15, 0.2) is 109 Å². The van der Waals surface area contributed by atoms with Crippen molar-refractivity contribution in [2.45, 2.75) is 0 Å². The Labute approximate surface area is 227 Å². The Morgan fingerprint density at radius 1 is 0.541 bits per heavy atom. The van der Waals surface area contributed by atoms with Gasteiger partial charge in [0.1, 0.15) is 4.83 Å². The summed E-state index contributed by atoms with van der Waals surface area (Å²) >= 11 is 14.1. The number of pyridine rings is 2. The molecule has 0 radical (unpaired) electrons. The smallest absolute Gasteiger partial charge is 0.124 e. The average Bonchev–Trinajstić information content (AvgIpc) is 3.30. The Balaban J connectivity index is 1.21. The van der Waals surface area contributed by atoms with Crippen molar-refractivity contribution >= 4 is 65.6 Å². The molecule has 0 atom stereocenters. The molecule has 0 bridgehead atoms. The Morgan fingerprint density at radius 2 is 1.24 bits per heavy atom. The Bertz CT molecular complexity index is 1940. The van der Waals surface area contributed by atoms with Gasteiger partial charge in [0, 0.05) is 49.0 Å². The number of thiophene rings is 1. The van der Waals surface area contributed by atoms with Crippen molar-refractivity contribution in [3.63, 3.8) is 0 Å². The lowest BCUT2D eigenvalue weighted by Crippen LogP contribution is -1.86. The molecule has 7 aromatic rings. The number of fused-ring (bicyclic) bond motifs is 4. The topological polar surface area (TPSA) is 25.8 Å². The zero-order valence-corrected chi connectivity index (χ0v) is 21.8. The minimum absolute atomic E-state index is 0.634. The lowest BCUT2D eigenvalue weighted by molar-refractivity contribution is 1.33. The SMILES string of the molecule is Clc1cc(Cl)cc(-c2ccc3cc(-c4ccc(-c5ccc6sc7ncccc7c6c5)nc4)ccc3c2)c1. The number of aromatic nitrogens is 2. The second kappa shape index (κ2) is 8.97. The molecule has 176 valence electrons. The highest BCUT2D eigenvalue weighted by atomic mass is 35.5. The van der Waals surface area contributed by atoms with E-state index >= 15 is 0 Å². The third kappa shape index (κ3) is 4.15. The maximum absolute atomic E-state index is 6.21. The van der Waals surface area contributed by atoms with Crippen LogP contribution >= 0.6 is 34.5 Å². The lowest BCUT2D eigenvalue weighted by Gasteiger charge is -2.08. The van der Waals surface area contributed by atoms with Crippen LogP contribution in [0.5, 0.6) is 0 Å². The number of hydrogen-bond donors (Lipinski definition) is 0. The summed E-state index contributed by atoms with van der Waals surface area (Å²) < 4.78 is 1.24. The van der Waals surface area contributed by atoms with Crippen LogP contribution in [0.4, 0.5) is 0 Å². The molecular formula is C32H18Cl2N2S. The van der Waals surface area contributed by atoms with Crippen LogP contribution in [-0.2, 0) is 0 Å². The molecule has 0 unspecified atom stereocenters. The van der Waals surface area contributed by atoms with E-state index in [1.165, 1.54) is 20.9 Å². The fraction of sp³-hybridized carbons (Fsp3) is 0. The monoisotopic (exact) mass is 532 g/mol. The van der Waals surface area contributed by atoms with E-state index in [4.69, 9.17) is 28.2 Å². The van der Waals surface area contributed by atoms with Crippen molar-refractivity contribution in [2.24, 2.45) is 0 Å². The van der Waals surface area contributed by atoms with Gasteiger partial charge in [-0.2, -0.15) is 0 Å². The molecule has 3 aromatic heterocycles. The summed E-state index contributed by atoms with van der Waals surface area (Å²) in [7, 11) is 0. The number of rotatable bonds is 3. The minimum Gasteiger partial charge on any atom is -0.256 e. The normalized spacial score (nSPS) is 11.5. The Kier molecular flexibility index (Phi) is 5.44. The first-order valence-corrected chi connectivity index (χ1v) is 13.4. The van der Waals surface area contributed by atoms with Gasteiger partial charge in [0.15, 0.2) is 0 Å².